The van der Waals surface area contributed by atoms with Crippen molar-refractivity contribution in [1.82, 2.24) is 4.90 Å². The highest BCUT2D eigenvalue weighted by molar-refractivity contribution is 9.10. The monoisotopic (exact) mass is 284 g/mol. The summed E-state index contributed by atoms with van der Waals surface area (Å²) in [4.78, 5) is 2.33. The average Bonchev–Trinajstić information content (AvgIpc) is 2.17. The second kappa shape index (κ2) is 6.38. The molecule has 1 atom stereocenters. The summed E-state index contributed by atoms with van der Waals surface area (Å²) in [6.45, 7) is 6.09. The van der Waals surface area contributed by atoms with Crippen LogP contribution >= 0.6 is 15.9 Å². The molecule has 0 bridgehead atoms. The van der Waals surface area contributed by atoms with E-state index in [1.807, 2.05) is 6.07 Å². The third-order valence-corrected chi connectivity index (χ3v) is 3.39. The van der Waals surface area contributed by atoms with Gasteiger partial charge in [0, 0.05) is 23.6 Å². The van der Waals surface area contributed by atoms with Gasteiger partial charge in [0.05, 0.1) is 0 Å². The normalized spacial score (nSPS) is 13.4. The van der Waals surface area contributed by atoms with Gasteiger partial charge < -0.3 is 5.73 Å². The van der Waals surface area contributed by atoms with Crippen LogP contribution in [-0.4, -0.2) is 24.5 Å². The zero-order valence-electron chi connectivity index (χ0n) is 10.3. The first-order valence-corrected chi connectivity index (χ1v) is 6.48. The van der Waals surface area contributed by atoms with Crippen LogP contribution in [0.25, 0.3) is 0 Å². The van der Waals surface area contributed by atoms with Gasteiger partial charge >= 0.3 is 0 Å². The summed E-state index contributed by atoms with van der Waals surface area (Å²) in [6.07, 6.45) is 0. The standard InChI is InChI=1S/C13H21BrN2/c1-10(2)13(8-15)16(3)9-11-5-4-6-12(14)7-11/h4-7,10,13H,8-9,15H2,1-3H3. The van der Waals surface area contributed by atoms with E-state index in [-0.39, 0.29) is 0 Å². The SMILES string of the molecule is CC(C)C(CN)N(C)Cc1cccc(Br)c1. The highest BCUT2D eigenvalue weighted by atomic mass is 79.9. The van der Waals surface area contributed by atoms with E-state index in [9.17, 15) is 0 Å². The summed E-state index contributed by atoms with van der Waals surface area (Å²) in [5.74, 6) is 0.585. The largest absolute Gasteiger partial charge is 0.329 e. The number of nitrogens with zero attached hydrogens (tertiary/aromatic N) is 1. The minimum Gasteiger partial charge on any atom is -0.329 e. The van der Waals surface area contributed by atoms with Crippen molar-refractivity contribution in [2.45, 2.75) is 26.4 Å². The van der Waals surface area contributed by atoms with Gasteiger partial charge in [-0.3, -0.25) is 4.90 Å². The lowest BCUT2D eigenvalue weighted by molar-refractivity contribution is 0.190. The fourth-order valence-corrected chi connectivity index (χ4v) is 2.45. The zero-order valence-corrected chi connectivity index (χ0v) is 11.9. The van der Waals surface area contributed by atoms with Gasteiger partial charge in [0.15, 0.2) is 0 Å². The maximum absolute atomic E-state index is 5.81. The number of hydrogen-bond donors (Lipinski definition) is 1. The maximum atomic E-state index is 5.81. The summed E-state index contributed by atoms with van der Waals surface area (Å²) in [5.41, 5.74) is 7.12. The number of nitrogens with two attached hydrogens (primary N) is 1. The molecule has 90 valence electrons. The number of hydrogen-bond acceptors (Lipinski definition) is 2. The topological polar surface area (TPSA) is 29.3 Å². The quantitative estimate of drug-likeness (QED) is 0.901. The molecule has 3 heteroatoms. The first-order chi connectivity index (χ1) is 7.54. The number of rotatable bonds is 5. The van der Waals surface area contributed by atoms with Gasteiger partial charge in [0.1, 0.15) is 0 Å². The van der Waals surface area contributed by atoms with E-state index in [0.717, 1.165) is 11.0 Å². The Balaban J connectivity index is 2.66. The van der Waals surface area contributed by atoms with Crippen molar-refractivity contribution in [3.8, 4) is 0 Å². The second-order valence-corrected chi connectivity index (χ2v) is 5.51. The lowest BCUT2D eigenvalue weighted by atomic mass is 10.0. The Hall–Kier alpha value is -0.380. The molecule has 0 heterocycles. The molecule has 1 rings (SSSR count). The van der Waals surface area contributed by atoms with Crippen LogP contribution in [0.3, 0.4) is 0 Å². The second-order valence-electron chi connectivity index (χ2n) is 4.59. The molecule has 0 aliphatic rings. The van der Waals surface area contributed by atoms with Crippen LogP contribution in [0.4, 0.5) is 0 Å². The predicted molar refractivity (Wildman–Crippen MR) is 73.3 cm³/mol. The van der Waals surface area contributed by atoms with Gasteiger partial charge in [-0.2, -0.15) is 0 Å². The van der Waals surface area contributed by atoms with Gasteiger partial charge in [0.2, 0.25) is 0 Å². The molecular formula is C13H21BrN2. The molecule has 2 N–H and O–H groups in total. The smallest absolute Gasteiger partial charge is 0.0241 e. The molecule has 0 aliphatic carbocycles. The minimum atomic E-state index is 0.444. The molecule has 2 nitrogen and oxygen atoms in total. The Bertz CT molecular complexity index is 325. The van der Waals surface area contributed by atoms with E-state index in [0.29, 0.717) is 18.5 Å². The van der Waals surface area contributed by atoms with Crippen LogP contribution in [0.1, 0.15) is 19.4 Å². The molecule has 1 unspecified atom stereocenters. The fraction of sp³-hybridized carbons (Fsp3) is 0.538. The molecule has 1 aromatic rings. The van der Waals surface area contributed by atoms with Gasteiger partial charge in [0.25, 0.3) is 0 Å². The summed E-state index contributed by atoms with van der Waals surface area (Å²) in [7, 11) is 2.14. The van der Waals surface area contributed by atoms with Crippen LogP contribution in [0.5, 0.6) is 0 Å². The first-order valence-electron chi connectivity index (χ1n) is 5.69. The van der Waals surface area contributed by atoms with Crippen LogP contribution in [0.15, 0.2) is 28.7 Å². The Labute approximate surface area is 107 Å². The molecule has 0 fully saturated rings. The van der Waals surface area contributed by atoms with Gasteiger partial charge in [-0.15, -0.1) is 0 Å². The minimum absolute atomic E-state index is 0.444. The van der Waals surface area contributed by atoms with Crippen molar-refractivity contribution in [3.05, 3.63) is 34.3 Å². The van der Waals surface area contributed by atoms with Crippen molar-refractivity contribution in [1.29, 1.82) is 0 Å². The van der Waals surface area contributed by atoms with Crippen molar-refractivity contribution in [2.75, 3.05) is 13.6 Å². The molecule has 0 amide bonds. The van der Waals surface area contributed by atoms with Gasteiger partial charge in [-0.25, -0.2) is 0 Å². The van der Waals surface area contributed by atoms with E-state index in [1.165, 1.54) is 5.56 Å². The summed E-state index contributed by atoms with van der Waals surface area (Å²) in [5, 5.41) is 0. The Morgan fingerprint density at radius 2 is 2.06 bits per heavy atom. The van der Waals surface area contributed by atoms with E-state index in [2.05, 4.69) is 59.9 Å². The van der Waals surface area contributed by atoms with Crippen molar-refractivity contribution in [3.63, 3.8) is 0 Å². The van der Waals surface area contributed by atoms with Crippen LogP contribution in [0.2, 0.25) is 0 Å². The molecular weight excluding hydrogens is 264 g/mol. The lowest BCUT2D eigenvalue weighted by Crippen LogP contribution is -2.41. The third-order valence-electron chi connectivity index (χ3n) is 2.90. The number of benzene rings is 1. The van der Waals surface area contributed by atoms with Crippen LogP contribution in [0, 0.1) is 5.92 Å². The van der Waals surface area contributed by atoms with E-state index in [4.69, 9.17) is 5.73 Å². The third kappa shape index (κ3) is 3.89. The van der Waals surface area contributed by atoms with Crippen molar-refractivity contribution >= 4 is 15.9 Å². The predicted octanol–water partition coefficient (Wildman–Crippen LogP) is 2.86. The van der Waals surface area contributed by atoms with Crippen LogP contribution in [-0.2, 0) is 6.54 Å². The molecule has 0 saturated carbocycles. The summed E-state index contributed by atoms with van der Waals surface area (Å²) in [6, 6.07) is 8.87. The molecule has 0 spiro atoms. The summed E-state index contributed by atoms with van der Waals surface area (Å²) >= 11 is 3.49. The van der Waals surface area contributed by atoms with E-state index >= 15 is 0 Å². The first kappa shape index (κ1) is 13.7. The highest BCUT2D eigenvalue weighted by Crippen LogP contribution is 2.15. The fourth-order valence-electron chi connectivity index (χ4n) is 2.00. The molecule has 0 saturated heterocycles. The van der Waals surface area contributed by atoms with Crippen molar-refractivity contribution in [2.24, 2.45) is 11.7 Å². The Morgan fingerprint density at radius 3 is 2.56 bits per heavy atom. The maximum Gasteiger partial charge on any atom is 0.0241 e. The molecule has 0 aliphatic heterocycles. The van der Waals surface area contributed by atoms with Crippen molar-refractivity contribution < 1.29 is 0 Å². The van der Waals surface area contributed by atoms with E-state index in [1.54, 1.807) is 0 Å². The zero-order chi connectivity index (χ0) is 12.1. The Kier molecular flexibility index (Phi) is 5.46. The Morgan fingerprint density at radius 1 is 1.38 bits per heavy atom. The van der Waals surface area contributed by atoms with Crippen LogP contribution < -0.4 is 5.73 Å². The molecule has 1 aromatic carbocycles. The highest BCUT2D eigenvalue weighted by Gasteiger charge is 2.16. The number of likely N-dealkylation sites (N-methyl/N-ethyl adjacent to an activating group) is 1. The van der Waals surface area contributed by atoms with E-state index < -0.39 is 0 Å². The molecule has 0 aromatic heterocycles. The van der Waals surface area contributed by atoms with Gasteiger partial charge in [-0.1, -0.05) is 41.9 Å². The number of halogens is 1. The molecule has 0 radical (unpaired) electrons. The summed E-state index contributed by atoms with van der Waals surface area (Å²) < 4.78 is 1.13. The van der Waals surface area contributed by atoms with Gasteiger partial charge in [-0.05, 0) is 30.7 Å². The average molecular weight is 285 g/mol. The molecule has 16 heavy (non-hydrogen) atoms. The lowest BCUT2D eigenvalue weighted by Gasteiger charge is -2.30.